The van der Waals surface area contributed by atoms with Gasteiger partial charge in [-0.2, -0.15) is 0 Å². The van der Waals surface area contributed by atoms with Crippen LogP contribution in [0.5, 0.6) is 0 Å². The Balaban J connectivity index is 2.03. The second-order valence-electron chi connectivity index (χ2n) is 5.29. The molecule has 1 aliphatic heterocycles. The van der Waals surface area contributed by atoms with Gasteiger partial charge in [-0.3, -0.25) is 0 Å². The minimum Gasteiger partial charge on any atom is -0.384 e. The van der Waals surface area contributed by atoms with Crippen molar-refractivity contribution in [1.29, 1.82) is 0 Å². The topological polar surface area (TPSA) is 12.0 Å². The van der Waals surface area contributed by atoms with Gasteiger partial charge in [0.15, 0.2) is 0 Å². The molecular formula is C17H19N. The van der Waals surface area contributed by atoms with Gasteiger partial charge in [0, 0.05) is 12.2 Å². The van der Waals surface area contributed by atoms with Crippen molar-refractivity contribution in [2.75, 3.05) is 11.9 Å². The maximum atomic E-state index is 3.44. The van der Waals surface area contributed by atoms with Crippen LogP contribution in [0.4, 0.5) is 5.69 Å². The van der Waals surface area contributed by atoms with Crippen LogP contribution in [0.2, 0.25) is 0 Å². The maximum Gasteiger partial charge on any atom is 0.0379 e. The van der Waals surface area contributed by atoms with Gasteiger partial charge in [0.2, 0.25) is 0 Å². The first-order valence-electron chi connectivity index (χ1n) is 6.72. The van der Waals surface area contributed by atoms with E-state index >= 15 is 0 Å². The number of anilines is 1. The summed E-state index contributed by atoms with van der Waals surface area (Å²) in [7, 11) is 0. The third kappa shape index (κ3) is 1.90. The molecule has 1 heterocycles. The molecular weight excluding hydrogens is 218 g/mol. The molecule has 0 bridgehead atoms. The Morgan fingerprint density at radius 1 is 1.00 bits per heavy atom. The van der Waals surface area contributed by atoms with Crippen molar-refractivity contribution in [2.24, 2.45) is 0 Å². The molecule has 0 fully saturated rings. The third-order valence-corrected chi connectivity index (χ3v) is 3.75. The lowest BCUT2D eigenvalue weighted by atomic mass is 9.95. The highest BCUT2D eigenvalue weighted by Gasteiger charge is 2.14. The molecule has 0 unspecified atom stereocenters. The van der Waals surface area contributed by atoms with Crippen LogP contribution in [-0.2, 0) is 6.42 Å². The van der Waals surface area contributed by atoms with E-state index in [-0.39, 0.29) is 0 Å². The lowest BCUT2D eigenvalue weighted by Gasteiger charge is -2.10. The Bertz CT molecular complexity index is 552. The minimum atomic E-state index is 0.599. The molecule has 1 heteroatoms. The van der Waals surface area contributed by atoms with Gasteiger partial charge in [-0.25, -0.2) is 0 Å². The molecule has 0 aromatic heterocycles. The Morgan fingerprint density at radius 2 is 1.78 bits per heavy atom. The molecule has 0 amide bonds. The zero-order valence-electron chi connectivity index (χ0n) is 11.0. The van der Waals surface area contributed by atoms with Gasteiger partial charge in [-0.05, 0) is 40.7 Å². The van der Waals surface area contributed by atoms with Gasteiger partial charge in [0.25, 0.3) is 0 Å². The second kappa shape index (κ2) is 4.49. The summed E-state index contributed by atoms with van der Waals surface area (Å²) >= 11 is 0. The van der Waals surface area contributed by atoms with Crippen LogP contribution in [0.1, 0.15) is 30.9 Å². The molecule has 0 spiro atoms. The number of rotatable bonds is 2. The normalized spacial score (nSPS) is 13.5. The number of benzene rings is 2. The van der Waals surface area contributed by atoms with Crippen molar-refractivity contribution in [1.82, 2.24) is 0 Å². The average molecular weight is 237 g/mol. The van der Waals surface area contributed by atoms with E-state index in [1.807, 2.05) is 0 Å². The first kappa shape index (κ1) is 11.3. The van der Waals surface area contributed by atoms with Gasteiger partial charge in [0.05, 0.1) is 0 Å². The van der Waals surface area contributed by atoms with E-state index in [9.17, 15) is 0 Å². The number of hydrogen-bond acceptors (Lipinski definition) is 1. The third-order valence-electron chi connectivity index (χ3n) is 3.75. The molecule has 3 rings (SSSR count). The van der Waals surface area contributed by atoms with E-state index in [4.69, 9.17) is 0 Å². The molecule has 0 saturated heterocycles. The fourth-order valence-electron chi connectivity index (χ4n) is 2.66. The number of fused-ring (bicyclic) bond motifs is 1. The summed E-state index contributed by atoms with van der Waals surface area (Å²) in [5.74, 6) is 0.599. The predicted octanol–water partition coefficient (Wildman–Crippen LogP) is 4.45. The SMILES string of the molecule is CC(C)c1ccc(-c2cccc3c2CCN3)cc1. The van der Waals surface area contributed by atoms with Crippen LogP contribution < -0.4 is 5.32 Å². The van der Waals surface area contributed by atoms with Crippen molar-refractivity contribution in [2.45, 2.75) is 26.2 Å². The summed E-state index contributed by atoms with van der Waals surface area (Å²) < 4.78 is 0. The molecule has 2 aromatic carbocycles. The van der Waals surface area contributed by atoms with Gasteiger partial charge in [-0.1, -0.05) is 50.2 Å². The summed E-state index contributed by atoms with van der Waals surface area (Å²) in [6.45, 7) is 5.54. The van der Waals surface area contributed by atoms with Gasteiger partial charge >= 0.3 is 0 Å². The Kier molecular flexibility index (Phi) is 2.83. The van der Waals surface area contributed by atoms with Crippen LogP contribution >= 0.6 is 0 Å². The van der Waals surface area contributed by atoms with Crippen molar-refractivity contribution in [3.63, 3.8) is 0 Å². The molecule has 2 aromatic rings. The zero-order chi connectivity index (χ0) is 12.5. The molecule has 0 radical (unpaired) electrons. The van der Waals surface area contributed by atoms with Crippen LogP contribution in [0, 0.1) is 0 Å². The van der Waals surface area contributed by atoms with E-state index in [1.165, 1.54) is 27.9 Å². The Morgan fingerprint density at radius 3 is 2.50 bits per heavy atom. The molecule has 1 nitrogen and oxygen atoms in total. The van der Waals surface area contributed by atoms with Crippen molar-refractivity contribution in [3.05, 3.63) is 53.6 Å². The maximum absolute atomic E-state index is 3.44. The predicted molar refractivity (Wildman–Crippen MR) is 78.2 cm³/mol. The zero-order valence-corrected chi connectivity index (χ0v) is 11.0. The largest absolute Gasteiger partial charge is 0.384 e. The number of hydrogen-bond donors (Lipinski definition) is 1. The van der Waals surface area contributed by atoms with Crippen LogP contribution in [-0.4, -0.2) is 6.54 Å². The van der Waals surface area contributed by atoms with E-state index in [0.29, 0.717) is 5.92 Å². The van der Waals surface area contributed by atoms with Crippen molar-refractivity contribution >= 4 is 5.69 Å². The average Bonchev–Trinajstić information content (AvgIpc) is 2.87. The fraction of sp³-hybridized carbons (Fsp3) is 0.294. The lowest BCUT2D eigenvalue weighted by Crippen LogP contribution is -1.90. The summed E-state index contributed by atoms with van der Waals surface area (Å²) in [5.41, 5.74) is 6.90. The van der Waals surface area contributed by atoms with Crippen molar-refractivity contribution < 1.29 is 0 Å². The molecule has 0 atom stereocenters. The Labute approximate surface area is 109 Å². The molecule has 0 aliphatic carbocycles. The quantitative estimate of drug-likeness (QED) is 0.814. The highest BCUT2D eigenvalue weighted by atomic mass is 14.9. The number of nitrogens with one attached hydrogen (secondary N) is 1. The first-order chi connectivity index (χ1) is 8.75. The molecule has 92 valence electrons. The van der Waals surface area contributed by atoms with Crippen LogP contribution in [0.25, 0.3) is 11.1 Å². The summed E-state index contributed by atoms with van der Waals surface area (Å²) in [5, 5.41) is 3.44. The standard InChI is InChI=1S/C17H19N/c1-12(2)13-6-8-14(9-7-13)15-4-3-5-17-16(15)10-11-18-17/h3-9,12,18H,10-11H2,1-2H3. The molecule has 1 N–H and O–H groups in total. The van der Waals surface area contributed by atoms with E-state index < -0.39 is 0 Å². The van der Waals surface area contributed by atoms with Gasteiger partial charge in [-0.15, -0.1) is 0 Å². The van der Waals surface area contributed by atoms with Crippen molar-refractivity contribution in [3.8, 4) is 11.1 Å². The van der Waals surface area contributed by atoms with Gasteiger partial charge < -0.3 is 5.32 Å². The summed E-state index contributed by atoms with van der Waals surface area (Å²) in [6.07, 6.45) is 1.14. The van der Waals surface area contributed by atoms with E-state index in [0.717, 1.165) is 13.0 Å². The Hall–Kier alpha value is -1.76. The molecule has 18 heavy (non-hydrogen) atoms. The summed E-state index contributed by atoms with van der Waals surface area (Å²) in [4.78, 5) is 0. The lowest BCUT2D eigenvalue weighted by molar-refractivity contribution is 0.867. The van der Waals surface area contributed by atoms with Gasteiger partial charge in [0.1, 0.15) is 0 Å². The smallest absolute Gasteiger partial charge is 0.0379 e. The van der Waals surface area contributed by atoms with E-state index in [2.05, 4.69) is 61.6 Å². The highest BCUT2D eigenvalue weighted by molar-refractivity contribution is 5.75. The first-order valence-corrected chi connectivity index (χ1v) is 6.72. The highest BCUT2D eigenvalue weighted by Crippen LogP contribution is 2.33. The van der Waals surface area contributed by atoms with E-state index in [1.54, 1.807) is 0 Å². The minimum absolute atomic E-state index is 0.599. The molecule has 0 saturated carbocycles. The van der Waals surface area contributed by atoms with Crippen LogP contribution in [0.3, 0.4) is 0 Å². The monoisotopic (exact) mass is 237 g/mol. The second-order valence-corrected chi connectivity index (χ2v) is 5.29. The van der Waals surface area contributed by atoms with Crippen LogP contribution in [0.15, 0.2) is 42.5 Å². The summed E-state index contributed by atoms with van der Waals surface area (Å²) in [6, 6.07) is 15.6. The molecule has 1 aliphatic rings. The fourth-order valence-corrected chi connectivity index (χ4v) is 2.66.